The van der Waals surface area contributed by atoms with E-state index in [2.05, 4.69) is 5.32 Å². The smallest absolute Gasteiger partial charge is 0.338 e. The Morgan fingerprint density at radius 3 is 1.50 bits per heavy atom. The lowest BCUT2D eigenvalue weighted by Crippen LogP contribution is -2.70. The van der Waals surface area contributed by atoms with Crippen molar-refractivity contribution in [3.05, 3.63) is 142 Å². The number of non-ortho nitro benzene ring substituents is 1. The number of nitrogens with one attached hydrogen (secondary N) is 1. The van der Waals surface area contributed by atoms with Gasteiger partial charge in [0.05, 0.1) is 34.3 Å². The van der Waals surface area contributed by atoms with Gasteiger partial charge in [0.25, 0.3) is 5.69 Å². The van der Waals surface area contributed by atoms with Crippen molar-refractivity contribution in [1.29, 1.82) is 0 Å². The second-order valence-electron chi connectivity index (χ2n) is 17.9. The molecular weight excluding hydrogens is 1030 g/mol. The van der Waals surface area contributed by atoms with Crippen LogP contribution in [0, 0.1) is 10.1 Å². The number of carbonyl (C=O) groups excluding carboxylic acids is 7. The van der Waals surface area contributed by atoms with Gasteiger partial charge in [-0.3, -0.25) is 29.3 Å². The Morgan fingerprint density at radius 2 is 1.01 bits per heavy atom. The molecule has 0 radical (unpaired) electrons. The van der Waals surface area contributed by atoms with Crippen molar-refractivity contribution in [3.8, 4) is 5.75 Å². The van der Waals surface area contributed by atoms with Crippen molar-refractivity contribution < 1.29 is 106 Å². The topological polar surface area (TPSA) is 326 Å². The van der Waals surface area contributed by atoms with E-state index in [4.69, 9.17) is 56.8 Å². The lowest BCUT2D eigenvalue weighted by molar-refractivity contribution is -0.384. The number of nitrogens with zero attached hydrogens (tertiary/aromatic N) is 1. The maximum atomic E-state index is 14.3. The molecule has 1 amide bonds. The number of esters is 6. The normalized spacial score (nSPS) is 28.6. The minimum absolute atomic E-state index is 0.0169. The van der Waals surface area contributed by atoms with E-state index in [0.29, 0.717) is 0 Å². The van der Waals surface area contributed by atoms with Crippen molar-refractivity contribution in [1.82, 2.24) is 5.32 Å². The molecule has 78 heavy (non-hydrogen) atoms. The molecule has 25 heteroatoms. The Labute approximate surface area is 444 Å². The lowest BCUT2D eigenvalue weighted by atomic mass is 9.94. The summed E-state index contributed by atoms with van der Waals surface area (Å²) in [6.07, 6.45) is -25.0. The first-order valence-corrected chi connectivity index (χ1v) is 24.3. The minimum Gasteiger partial charge on any atom is -0.463 e. The van der Waals surface area contributed by atoms with Crippen molar-refractivity contribution >= 4 is 47.4 Å². The van der Waals surface area contributed by atoms with E-state index in [1.807, 2.05) is 0 Å². The molecule has 7 rings (SSSR count). The number of benzene rings is 4. The fraction of sp³-hybridized carbons (Fsp3) is 0.415. The number of aliphatic hydroxyl groups excluding tert-OH is 2. The molecule has 0 spiro atoms. The zero-order valence-corrected chi connectivity index (χ0v) is 42.5. The molecule has 4 aromatic carbocycles. The molecule has 15 atom stereocenters. The highest BCUT2D eigenvalue weighted by Gasteiger charge is 2.59. The molecule has 0 aromatic heterocycles. The van der Waals surface area contributed by atoms with Gasteiger partial charge in [-0.15, -0.1) is 0 Å². The highest BCUT2D eigenvalue weighted by atomic mass is 16.8. The number of ether oxygens (including phenoxy) is 12. The fourth-order valence-electron chi connectivity index (χ4n) is 8.74. The van der Waals surface area contributed by atoms with E-state index >= 15 is 0 Å². The molecule has 3 N–H and O–H groups in total. The predicted octanol–water partition coefficient (Wildman–Crippen LogP) is 2.90. The molecule has 25 nitrogen and oxygen atoms in total. The summed E-state index contributed by atoms with van der Waals surface area (Å²) in [5.41, 5.74) is -0.228. The van der Waals surface area contributed by atoms with Crippen LogP contribution in [0.5, 0.6) is 5.75 Å². The van der Waals surface area contributed by atoms with Crippen LogP contribution in [-0.2, 0) is 71.3 Å². The van der Waals surface area contributed by atoms with Gasteiger partial charge in [-0.2, -0.15) is 0 Å². The zero-order chi connectivity index (χ0) is 56.2. The van der Waals surface area contributed by atoms with Crippen molar-refractivity contribution in [2.24, 2.45) is 0 Å². The van der Waals surface area contributed by atoms with Gasteiger partial charge in [0, 0.05) is 39.8 Å². The fourth-order valence-corrected chi connectivity index (χ4v) is 8.74. The summed E-state index contributed by atoms with van der Waals surface area (Å²) in [6, 6.07) is 26.0. The highest BCUT2D eigenvalue weighted by Crippen LogP contribution is 2.38. The molecule has 15 unspecified atom stereocenters. The Kier molecular flexibility index (Phi) is 19.6. The van der Waals surface area contributed by atoms with Crippen molar-refractivity contribution in [3.63, 3.8) is 0 Å². The zero-order valence-electron chi connectivity index (χ0n) is 42.5. The van der Waals surface area contributed by atoms with Gasteiger partial charge in [-0.1, -0.05) is 54.6 Å². The first-order valence-electron chi connectivity index (χ1n) is 24.3. The number of amides is 1. The molecule has 3 aliphatic heterocycles. The summed E-state index contributed by atoms with van der Waals surface area (Å²) in [5, 5.41) is 36.5. The number of nitro benzene ring substituents is 1. The SMILES string of the molecule is CC(=O)NC1C(Oc2ccc([N+](=O)[O-])cc2)OC(CO)C(O)C1OC1OC(COC(C)=O)C(OC(C)=O)C(OC(C)=O)C1OC1OC(C)C(OC(=O)c2ccccc2)C(OC(=O)c2ccccc2)C1OC(=O)c1ccccc1. The molecule has 0 aliphatic carbocycles. The first-order chi connectivity index (χ1) is 37.3. The average molecular weight is 1090 g/mol. The Hall–Kier alpha value is -7.91. The predicted molar refractivity (Wildman–Crippen MR) is 261 cm³/mol. The summed E-state index contributed by atoms with van der Waals surface area (Å²) in [7, 11) is 0. The number of hydrogen-bond acceptors (Lipinski definition) is 23. The molecule has 4 aromatic rings. The summed E-state index contributed by atoms with van der Waals surface area (Å²) in [6.45, 7) is 3.97. The van der Waals surface area contributed by atoms with Gasteiger partial charge in [0.15, 0.2) is 49.2 Å². The largest absolute Gasteiger partial charge is 0.463 e. The molecule has 0 saturated carbocycles. The maximum Gasteiger partial charge on any atom is 0.338 e. The van der Waals surface area contributed by atoms with E-state index < -0.39 is 152 Å². The molecule has 3 aliphatic rings. The minimum atomic E-state index is -2.07. The Bertz CT molecular complexity index is 2730. The summed E-state index contributed by atoms with van der Waals surface area (Å²) < 4.78 is 73.3. The van der Waals surface area contributed by atoms with Gasteiger partial charge in [-0.05, 0) is 55.5 Å². The molecule has 3 fully saturated rings. The van der Waals surface area contributed by atoms with E-state index in [-0.39, 0.29) is 28.1 Å². The summed E-state index contributed by atoms with van der Waals surface area (Å²) in [4.78, 5) is 105. The molecular formula is C53H56N2O23. The van der Waals surface area contributed by atoms with Crippen LogP contribution in [0.4, 0.5) is 5.69 Å². The number of hydrogen-bond donors (Lipinski definition) is 3. The molecule has 3 heterocycles. The summed E-state index contributed by atoms with van der Waals surface area (Å²) >= 11 is 0. The van der Waals surface area contributed by atoms with Crippen LogP contribution in [0.1, 0.15) is 65.7 Å². The highest BCUT2D eigenvalue weighted by molar-refractivity contribution is 5.91. The third kappa shape index (κ3) is 14.6. The summed E-state index contributed by atoms with van der Waals surface area (Å²) in [5.74, 6) is -6.55. The monoisotopic (exact) mass is 1090 g/mol. The van der Waals surface area contributed by atoms with Crippen LogP contribution in [0.2, 0.25) is 0 Å². The van der Waals surface area contributed by atoms with Gasteiger partial charge in [0.2, 0.25) is 12.2 Å². The van der Waals surface area contributed by atoms with Crippen LogP contribution in [0.25, 0.3) is 0 Å². The van der Waals surface area contributed by atoms with E-state index in [1.165, 1.54) is 67.6 Å². The lowest BCUT2D eigenvalue weighted by Gasteiger charge is -2.50. The van der Waals surface area contributed by atoms with Gasteiger partial charge in [0.1, 0.15) is 42.8 Å². The number of rotatable bonds is 19. The number of nitro groups is 1. The van der Waals surface area contributed by atoms with Crippen LogP contribution >= 0.6 is 0 Å². The van der Waals surface area contributed by atoms with Gasteiger partial charge >= 0.3 is 35.8 Å². The Balaban J connectivity index is 1.36. The van der Waals surface area contributed by atoms with E-state index in [9.17, 15) is 53.9 Å². The van der Waals surface area contributed by atoms with Crippen molar-refractivity contribution in [2.75, 3.05) is 13.2 Å². The van der Waals surface area contributed by atoms with Crippen molar-refractivity contribution in [2.45, 2.75) is 127 Å². The second kappa shape index (κ2) is 26.4. The molecule has 0 bridgehead atoms. The van der Waals surface area contributed by atoms with Crippen LogP contribution in [0.15, 0.2) is 115 Å². The van der Waals surface area contributed by atoms with Crippen LogP contribution in [0.3, 0.4) is 0 Å². The third-order valence-electron chi connectivity index (χ3n) is 12.2. The number of aliphatic hydroxyl groups is 2. The molecule has 416 valence electrons. The standard InChI is InChI=1S/C53H56N2O23/c1-27-41(74-48(62)32-15-9-6-10-16-32)44(75-49(63)33-17-11-7-12-18-33)46(76-50(64)34-19-13-8-14-20-34)52(68-27)78-47-45(70-31(5)60)42(69-30(4)59)38(26-67-29(3)58)73-53(47)77-43-39(54-28(2)57)51(72-37(25-56)40(43)61)71-36-23-21-35(22-24-36)55(65)66/h6-24,27,37-47,51-53,56,61H,25-26H2,1-5H3,(H,54,57). The van der Waals surface area contributed by atoms with Crippen LogP contribution < -0.4 is 10.1 Å². The molecule has 3 saturated heterocycles. The second-order valence-corrected chi connectivity index (χ2v) is 17.9. The van der Waals surface area contributed by atoms with E-state index in [0.717, 1.165) is 39.8 Å². The number of carbonyl (C=O) groups is 7. The quantitative estimate of drug-likeness (QED) is 0.0526. The van der Waals surface area contributed by atoms with E-state index in [1.54, 1.807) is 42.5 Å². The third-order valence-corrected chi connectivity index (χ3v) is 12.2. The Morgan fingerprint density at radius 1 is 0.551 bits per heavy atom. The van der Waals surface area contributed by atoms with Gasteiger partial charge in [-0.25, -0.2) is 14.4 Å². The first kappa shape index (κ1) is 57.8. The average Bonchev–Trinajstić information content (AvgIpc) is 3.47. The van der Waals surface area contributed by atoms with Crippen LogP contribution in [-0.4, -0.2) is 162 Å². The van der Waals surface area contributed by atoms with Gasteiger partial charge < -0.3 is 72.4 Å². The maximum absolute atomic E-state index is 14.3.